The molecule has 0 aliphatic carbocycles. The number of benzene rings is 1. The summed E-state index contributed by atoms with van der Waals surface area (Å²) < 4.78 is 5.18. The van der Waals surface area contributed by atoms with Gasteiger partial charge in [-0.25, -0.2) is 0 Å². The lowest BCUT2D eigenvalue weighted by Crippen LogP contribution is -2.26. The number of hydrogen-bond donors (Lipinski definition) is 0. The maximum atomic E-state index is 5.18. The molecule has 0 radical (unpaired) electrons. The summed E-state index contributed by atoms with van der Waals surface area (Å²) in [6.45, 7) is 8.27. The van der Waals surface area contributed by atoms with Gasteiger partial charge in [0.25, 0.3) is 5.89 Å². The van der Waals surface area contributed by atoms with E-state index >= 15 is 0 Å². The lowest BCUT2D eigenvalue weighted by molar-refractivity contribution is 0.425. The lowest BCUT2D eigenvalue weighted by Gasteiger charge is -2.25. The van der Waals surface area contributed by atoms with Gasteiger partial charge in [-0.15, -0.1) is 0 Å². The second kappa shape index (κ2) is 4.80. The summed E-state index contributed by atoms with van der Waals surface area (Å²) in [4.78, 5) is 6.49. The standard InChI is InChI=1S/C14H19N3O/c1-9(2)17(5)13-7-6-12(8-10(13)3)14-15-11(4)16-18-14/h6-9H,1-5H3. The van der Waals surface area contributed by atoms with Crippen LogP contribution in [-0.4, -0.2) is 23.2 Å². The molecular weight excluding hydrogens is 226 g/mol. The minimum Gasteiger partial charge on any atom is -0.372 e. The number of aromatic nitrogens is 2. The molecule has 0 aliphatic rings. The molecule has 0 atom stereocenters. The monoisotopic (exact) mass is 245 g/mol. The number of hydrogen-bond acceptors (Lipinski definition) is 4. The molecule has 0 unspecified atom stereocenters. The molecule has 0 bridgehead atoms. The van der Waals surface area contributed by atoms with Gasteiger partial charge in [0.15, 0.2) is 5.82 Å². The zero-order valence-electron chi connectivity index (χ0n) is 11.6. The topological polar surface area (TPSA) is 42.2 Å². The van der Waals surface area contributed by atoms with E-state index in [4.69, 9.17) is 4.52 Å². The Bertz CT molecular complexity index is 546. The van der Waals surface area contributed by atoms with Crippen LogP contribution < -0.4 is 4.90 Å². The van der Waals surface area contributed by atoms with Gasteiger partial charge >= 0.3 is 0 Å². The zero-order chi connectivity index (χ0) is 13.3. The van der Waals surface area contributed by atoms with Gasteiger partial charge in [0, 0.05) is 24.3 Å². The summed E-state index contributed by atoms with van der Waals surface area (Å²) in [6, 6.07) is 6.68. The van der Waals surface area contributed by atoms with Gasteiger partial charge in [0.2, 0.25) is 0 Å². The molecule has 2 rings (SSSR count). The van der Waals surface area contributed by atoms with E-state index in [1.807, 2.05) is 13.0 Å². The average molecular weight is 245 g/mol. The molecule has 96 valence electrons. The number of aryl methyl sites for hydroxylation is 2. The lowest BCUT2D eigenvalue weighted by atomic mass is 10.1. The molecule has 0 amide bonds. The molecule has 18 heavy (non-hydrogen) atoms. The van der Waals surface area contributed by atoms with Crippen LogP contribution in [0.3, 0.4) is 0 Å². The summed E-state index contributed by atoms with van der Waals surface area (Å²) >= 11 is 0. The van der Waals surface area contributed by atoms with Crippen molar-refractivity contribution in [1.82, 2.24) is 10.1 Å². The van der Waals surface area contributed by atoms with Crippen LogP contribution in [0.4, 0.5) is 5.69 Å². The summed E-state index contributed by atoms with van der Waals surface area (Å²) in [5, 5.41) is 3.81. The van der Waals surface area contributed by atoms with Crippen LogP contribution in [0.2, 0.25) is 0 Å². The van der Waals surface area contributed by atoms with E-state index in [-0.39, 0.29) is 0 Å². The molecule has 0 saturated heterocycles. The van der Waals surface area contributed by atoms with E-state index in [1.165, 1.54) is 11.3 Å². The van der Waals surface area contributed by atoms with Gasteiger partial charge in [-0.1, -0.05) is 5.16 Å². The molecule has 0 spiro atoms. The highest BCUT2D eigenvalue weighted by atomic mass is 16.5. The fourth-order valence-corrected chi connectivity index (χ4v) is 1.88. The summed E-state index contributed by atoms with van der Waals surface area (Å²) in [5.74, 6) is 1.24. The molecular formula is C14H19N3O. The molecule has 4 heteroatoms. The highest BCUT2D eigenvalue weighted by molar-refractivity contribution is 5.63. The molecule has 2 aromatic rings. The maximum Gasteiger partial charge on any atom is 0.257 e. The zero-order valence-corrected chi connectivity index (χ0v) is 11.6. The second-order valence-corrected chi connectivity index (χ2v) is 4.85. The van der Waals surface area contributed by atoms with Gasteiger partial charge in [-0.05, 0) is 51.5 Å². The van der Waals surface area contributed by atoms with Crippen LogP contribution >= 0.6 is 0 Å². The second-order valence-electron chi connectivity index (χ2n) is 4.85. The van der Waals surface area contributed by atoms with Crippen LogP contribution in [0.25, 0.3) is 11.5 Å². The molecule has 1 aromatic heterocycles. The third-order valence-electron chi connectivity index (χ3n) is 3.13. The van der Waals surface area contributed by atoms with Crippen molar-refractivity contribution in [3.63, 3.8) is 0 Å². The van der Waals surface area contributed by atoms with E-state index in [9.17, 15) is 0 Å². The van der Waals surface area contributed by atoms with E-state index in [0.29, 0.717) is 17.8 Å². The normalized spacial score (nSPS) is 11.0. The largest absolute Gasteiger partial charge is 0.372 e. The minimum absolute atomic E-state index is 0.472. The Morgan fingerprint density at radius 1 is 1.22 bits per heavy atom. The molecule has 1 aromatic carbocycles. The van der Waals surface area contributed by atoms with Crippen LogP contribution in [0.15, 0.2) is 22.7 Å². The van der Waals surface area contributed by atoms with E-state index < -0.39 is 0 Å². The predicted octanol–water partition coefficient (Wildman–Crippen LogP) is 3.20. The van der Waals surface area contributed by atoms with Gasteiger partial charge in [0.1, 0.15) is 0 Å². The maximum absolute atomic E-state index is 5.18. The van der Waals surface area contributed by atoms with Crippen LogP contribution in [0, 0.1) is 13.8 Å². The highest BCUT2D eigenvalue weighted by Crippen LogP contribution is 2.26. The Morgan fingerprint density at radius 2 is 1.94 bits per heavy atom. The van der Waals surface area contributed by atoms with E-state index in [2.05, 4.69) is 55.0 Å². The Morgan fingerprint density at radius 3 is 2.44 bits per heavy atom. The average Bonchev–Trinajstić information content (AvgIpc) is 2.74. The van der Waals surface area contributed by atoms with Gasteiger partial charge in [-0.2, -0.15) is 4.98 Å². The third kappa shape index (κ3) is 2.37. The summed E-state index contributed by atoms with van der Waals surface area (Å²) in [7, 11) is 2.10. The first kappa shape index (κ1) is 12.6. The van der Waals surface area contributed by atoms with Crippen LogP contribution in [0.5, 0.6) is 0 Å². The first-order valence-electron chi connectivity index (χ1n) is 6.13. The SMILES string of the molecule is Cc1noc(-c2ccc(N(C)C(C)C)c(C)c2)n1. The highest BCUT2D eigenvalue weighted by Gasteiger charge is 2.11. The first-order chi connectivity index (χ1) is 8.49. The molecule has 1 heterocycles. The quantitative estimate of drug-likeness (QED) is 0.832. The van der Waals surface area contributed by atoms with Gasteiger partial charge in [0.05, 0.1) is 0 Å². The van der Waals surface area contributed by atoms with Gasteiger partial charge < -0.3 is 9.42 Å². The number of rotatable bonds is 3. The molecule has 0 saturated carbocycles. The Labute approximate surface area is 108 Å². The summed E-state index contributed by atoms with van der Waals surface area (Å²) in [6.07, 6.45) is 0. The van der Waals surface area contributed by atoms with Crippen molar-refractivity contribution in [2.24, 2.45) is 0 Å². The molecule has 0 fully saturated rings. The first-order valence-corrected chi connectivity index (χ1v) is 6.13. The molecule has 0 N–H and O–H groups in total. The van der Waals surface area contributed by atoms with Crippen LogP contribution in [-0.2, 0) is 0 Å². The Hall–Kier alpha value is -1.84. The van der Waals surface area contributed by atoms with Crippen LogP contribution in [0.1, 0.15) is 25.2 Å². The Kier molecular flexibility index (Phi) is 3.36. The fraction of sp³-hybridized carbons (Fsp3) is 0.429. The molecule has 0 aliphatic heterocycles. The van der Waals surface area contributed by atoms with Crippen molar-refractivity contribution >= 4 is 5.69 Å². The van der Waals surface area contributed by atoms with Crippen molar-refractivity contribution in [3.05, 3.63) is 29.6 Å². The van der Waals surface area contributed by atoms with E-state index in [0.717, 1.165) is 5.56 Å². The smallest absolute Gasteiger partial charge is 0.257 e. The van der Waals surface area contributed by atoms with Crippen molar-refractivity contribution in [1.29, 1.82) is 0 Å². The van der Waals surface area contributed by atoms with Crippen molar-refractivity contribution in [3.8, 4) is 11.5 Å². The van der Waals surface area contributed by atoms with Crippen molar-refractivity contribution in [2.45, 2.75) is 33.7 Å². The number of nitrogens with zero attached hydrogens (tertiary/aromatic N) is 3. The minimum atomic E-state index is 0.472. The number of anilines is 1. The molecule has 4 nitrogen and oxygen atoms in total. The van der Waals surface area contributed by atoms with E-state index in [1.54, 1.807) is 0 Å². The summed E-state index contributed by atoms with van der Waals surface area (Å²) in [5.41, 5.74) is 3.40. The fourth-order valence-electron chi connectivity index (χ4n) is 1.88. The van der Waals surface area contributed by atoms with Crippen molar-refractivity contribution in [2.75, 3.05) is 11.9 Å². The van der Waals surface area contributed by atoms with Crippen molar-refractivity contribution < 1.29 is 4.52 Å². The third-order valence-corrected chi connectivity index (χ3v) is 3.13. The predicted molar refractivity (Wildman–Crippen MR) is 72.7 cm³/mol. The Balaban J connectivity index is 2.36. The van der Waals surface area contributed by atoms with Gasteiger partial charge in [-0.3, -0.25) is 0 Å².